The topological polar surface area (TPSA) is 55.1 Å². The molecule has 1 aliphatic carbocycles. The summed E-state index contributed by atoms with van der Waals surface area (Å²) in [5, 5.41) is 8.98. The average Bonchev–Trinajstić information content (AvgIpc) is 2.82. The lowest BCUT2D eigenvalue weighted by molar-refractivity contribution is 0.0697. The predicted molar refractivity (Wildman–Crippen MR) is 74.9 cm³/mol. The number of rotatable bonds is 2. The number of aromatic nitrogens is 2. The van der Waals surface area contributed by atoms with Crippen LogP contribution in [-0.4, -0.2) is 20.6 Å². The summed E-state index contributed by atoms with van der Waals surface area (Å²) in [6.07, 6.45) is 6.28. The molecule has 0 aliphatic heterocycles. The van der Waals surface area contributed by atoms with Gasteiger partial charge in [-0.05, 0) is 59.8 Å². The molecule has 0 radical (unpaired) electrons. The molecule has 0 bridgehead atoms. The summed E-state index contributed by atoms with van der Waals surface area (Å²) in [5.74, 6) is -0.917. The van der Waals surface area contributed by atoms with E-state index in [0.717, 1.165) is 23.0 Å². The third-order valence-corrected chi connectivity index (χ3v) is 4.12. The van der Waals surface area contributed by atoms with Gasteiger partial charge in [0.2, 0.25) is 0 Å². The number of aromatic carboxylic acids is 1. The molecule has 1 N–H and O–H groups in total. The smallest absolute Gasteiger partial charge is 0.335 e. The molecule has 0 saturated heterocycles. The van der Waals surface area contributed by atoms with Crippen molar-refractivity contribution in [3.8, 4) is 5.69 Å². The van der Waals surface area contributed by atoms with E-state index in [2.05, 4.69) is 25.5 Å². The Morgan fingerprint density at radius 3 is 2.84 bits per heavy atom. The quantitative estimate of drug-likeness (QED) is 0.924. The number of aryl methyl sites for hydroxylation is 1. The number of hydrogen-bond donors (Lipinski definition) is 1. The van der Waals surface area contributed by atoms with Gasteiger partial charge < -0.3 is 9.67 Å². The molecule has 0 fully saturated rings. The van der Waals surface area contributed by atoms with E-state index < -0.39 is 5.97 Å². The monoisotopic (exact) mass is 320 g/mol. The molecular weight excluding hydrogens is 308 g/mol. The van der Waals surface area contributed by atoms with E-state index in [4.69, 9.17) is 5.11 Å². The number of nitrogens with zero attached hydrogens (tertiary/aromatic N) is 2. The number of fused-ring (bicyclic) bond motifs is 1. The van der Waals surface area contributed by atoms with Crippen molar-refractivity contribution in [2.24, 2.45) is 0 Å². The van der Waals surface area contributed by atoms with Gasteiger partial charge in [-0.25, -0.2) is 9.78 Å². The highest BCUT2D eigenvalue weighted by atomic mass is 79.9. The highest BCUT2D eigenvalue weighted by Gasteiger charge is 2.17. The summed E-state index contributed by atoms with van der Waals surface area (Å²) in [4.78, 5) is 15.4. The second-order valence-electron chi connectivity index (χ2n) is 4.69. The van der Waals surface area contributed by atoms with Gasteiger partial charge in [-0.3, -0.25) is 0 Å². The van der Waals surface area contributed by atoms with E-state index in [1.165, 1.54) is 24.2 Å². The maximum Gasteiger partial charge on any atom is 0.335 e. The molecule has 1 aromatic carbocycles. The van der Waals surface area contributed by atoms with E-state index in [1.54, 1.807) is 12.1 Å². The van der Waals surface area contributed by atoms with Crippen LogP contribution >= 0.6 is 15.9 Å². The van der Waals surface area contributed by atoms with Crippen molar-refractivity contribution in [3.05, 3.63) is 46.0 Å². The van der Waals surface area contributed by atoms with Crippen molar-refractivity contribution in [2.45, 2.75) is 25.7 Å². The van der Waals surface area contributed by atoms with Gasteiger partial charge >= 0.3 is 5.97 Å². The Morgan fingerprint density at radius 1 is 1.32 bits per heavy atom. The van der Waals surface area contributed by atoms with Crippen LogP contribution in [0.1, 0.15) is 34.6 Å². The Hall–Kier alpha value is -1.62. The van der Waals surface area contributed by atoms with E-state index in [-0.39, 0.29) is 5.56 Å². The van der Waals surface area contributed by atoms with Crippen LogP contribution in [0.5, 0.6) is 0 Å². The lowest BCUT2D eigenvalue weighted by atomic mass is 10.0. The molecular formula is C14H13BrN2O2. The van der Waals surface area contributed by atoms with E-state index in [0.29, 0.717) is 0 Å². The third-order valence-electron chi connectivity index (χ3n) is 3.48. The van der Waals surface area contributed by atoms with Crippen molar-refractivity contribution in [1.82, 2.24) is 9.55 Å². The lowest BCUT2D eigenvalue weighted by Gasteiger charge is -2.15. The molecule has 1 aliphatic rings. The zero-order chi connectivity index (χ0) is 13.4. The van der Waals surface area contributed by atoms with Crippen LogP contribution in [0.25, 0.3) is 5.69 Å². The molecule has 2 aromatic rings. The van der Waals surface area contributed by atoms with Crippen molar-refractivity contribution in [3.63, 3.8) is 0 Å². The zero-order valence-corrected chi connectivity index (χ0v) is 11.9. The van der Waals surface area contributed by atoms with Gasteiger partial charge in [0.25, 0.3) is 0 Å². The second-order valence-corrected chi connectivity index (χ2v) is 5.54. The van der Waals surface area contributed by atoms with E-state index in [1.807, 2.05) is 12.4 Å². The number of hydrogen-bond acceptors (Lipinski definition) is 2. The van der Waals surface area contributed by atoms with Crippen molar-refractivity contribution in [1.29, 1.82) is 0 Å². The Morgan fingerprint density at radius 2 is 2.11 bits per heavy atom. The van der Waals surface area contributed by atoms with Gasteiger partial charge in [0.05, 0.1) is 23.3 Å². The number of benzene rings is 1. The predicted octanol–water partition coefficient (Wildman–Crippen LogP) is 3.21. The number of carboxylic acids is 1. The second kappa shape index (κ2) is 4.81. The molecule has 0 saturated carbocycles. The van der Waals surface area contributed by atoms with Crippen molar-refractivity contribution >= 4 is 21.9 Å². The van der Waals surface area contributed by atoms with E-state index in [9.17, 15) is 4.79 Å². The fourth-order valence-electron chi connectivity index (χ4n) is 2.51. The molecule has 1 aromatic heterocycles. The molecule has 0 amide bonds. The maximum atomic E-state index is 10.9. The number of imidazole rings is 1. The highest BCUT2D eigenvalue weighted by Crippen LogP contribution is 2.28. The van der Waals surface area contributed by atoms with Crippen LogP contribution < -0.4 is 0 Å². The van der Waals surface area contributed by atoms with Gasteiger partial charge in [0, 0.05) is 10.2 Å². The van der Waals surface area contributed by atoms with E-state index >= 15 is 0 Å². The molecule has 3 rings (SSSR count). The minimum atomic E-state index is -0.917. The Bertz CT molecular complexity index is 649. The molecule has 1 heterocycles. The lowest BCUT2D eigenvalue weighted by Crippen LogP contribution is -2.07. The number of carboxylic acid groups (broad SMARTS) is 1. The Labute approximate surface area is 119 Å². The fraction of sp³-hybridized carbons (Fsp3) is 0.286. The molecule has 5 heteroatoms. The summed E-state index contributed by atoms with van der Waals surface area (Å²) in [6, 6.07) is 5.08. The first kappa shape index (κ1) is 12.4. The first-order chi connectivity index (χ1) is 9.16. The normalized spacial score (nSPS) is 14.2. The highest BCUT2D eigenvalue weighted by molar-refractivity contribution is 9.10. The minimum absolute atomic E-state index is 0.282. The summed E-state index contributed by atoms with van der Waals surface area (Å²) in [5.41, 5.74) is 3.64. The van der Waals surface area contributed by atoms with Gasteiger partial charge in [0.15, 0.2) is 0 Å². The SMILES string of the molecule is O=C(O)c1ccc(-n2cnc3c2CCCC3)c(Br)c1. The van der Waals surface area contributed by atoms with Gasteiger partial charge in [-0.15, -0.1) is 0 Å². The Kier molecular flexibility index (Phi) is 3.14. The van der Waals surface area contributed by atoms with Gasteiger partial charge in [-0.2, -0.15) is 0 Å². The first-order valence-corrected chi connectivity index (χ1v) is 7.04. The Balaban J connectivity index is 2.07. The van der Waals surface area contributed by atoms with Gasteiger partial charge in [0.1, 0.15) is 0 Å². The summed E-state index contributed by atoms with van der Waals surface area (Å²) in [7, 11) is 0. The fourth-order valence-corrected chi connectivity index (χ4v) is 3.08. The van der Waals surface area contributed by atoms with Gasteiger partial charge in [-0.1, -0.05) is 0 Å². The standard InChI is InChI=1S/C14H13BrN2O2/c15-10-7-9(14(18)19)5-6-12(10)17-8-16-11-3-1-2-4-13(11)17/h5-8H,1-4H2,(H,18,19). The molecule has 0 unspecified atom stereocenters. The molecule has 98 valence electrons. The van der Waals surface area contributed by atoms with Crippen LogP contribution in [0.3, 0.4) is 0 Å². The molecule has 0 spiro atoms. The molecule has 19 heavy (non-hydrogen) atoms. The number of carbonyl (C=O) groups is 1. The largest absolute Gasteiger partial charge is 0.478 e. The van der Waals surface area contributed by atoms with Crippen LogP contribution in [0, 0.1) is 0 Å². The third kappa shape index (κ3) is 2.18. The van der Waals surface area contributed by atoms with Crippen molar-refractivity contribution < 1.29 is 9.90 Å². The van der Waals surface area contributed by atoms with Crippen LogP contribution in [-0.2, 0) is 12.8 Å². The number of halogens is 1. The average molecular weight is 321 g/mol. The zero-order valence-electron chi connectivity index (χ0n) is 10.3. The molecule has 4 nitrogen and oxygen atoms in total. The first-order valence-electron chi connectivity index (χ1n) is 6.25. The van der Waals surface area contributed by atoms with Crippen molar-refractivity contribution in [2.75, 3.05) is 0 Å². The summed E-state index contributed by atoms with van der Waals surface area (Å²) in [6.45, 7) is 0. The maximum absolute atomic E-state index is 10.9. The molecule has 0 atom stereocenters. The van der Waals surface area contributed by atoms with Crippen LogP contribution in [0.4, 0.5) is 0 Å². The summed E-state index contributed by atoms with van der Waals surface area (Å²) < 4.78 is 2.84. The minimum Gasteiger partial charge on any atom is -0.478 e. The summed E-state index contributed by atoms with van der Waals surface area (Å²) >= 11 is 3.45. The van der Waals surface area contributed by atoms with Crippen LogP contribution in [0.15, 0.2) is 29.0 Å². The van der Waals surface area contributed by atoms with Crippen LogP contribution in [0.2, 0.25) is 0 Å².